The third-order valence-corrected chi connectivity index (χ3v) is 6.45. The first-order valence-electron chi connectivity index (χ1n) is 12.8. The van der Waals surface area contributed by atoms with Gasteiger partial charge in [0.05, 0.1) is 17.9 Å². The summed E-state index contributed by atoms with van der Waals surface area (Å²) in [6.07, 6.45) is 0.969. The third-order valence-electron chi connectivity index (χ3n) is 6.45. The Morgan fingerprint density at radius 1 is 1.02 bits per heavy atom. The number of carbonyl (C=O) groups excluding carboxylic acids is 1. The first kappa shape index (κ1) is 28.3. The van der Waals surface area contributed by atoms with Gasteiger partial charge in [-0.15, -0.1) is 0 Å². The number of carbonyl (C=O) groups is 2. The Kier molecular flexibility index (Phi) is 9.08. The van der Waals surface area contributed by atoms with E-state index in [4.69, 9.17) is 10.5 Å². The van der Waals surface area contributed by atoms with Crippen LogP contribution in [0.1, 0.15) is 33.5 Å². The smallest absolute Gasteiger partial charge is 0.321 e. The second-order valence-electron chi connectivity index (χ2n) is 9.33. The number of nitrogens with zero attached hydrogens (tertiary/aromatic N) is 1. The van der Waals surface area contributed by atoms with Crippen LogP contribution in [0.25, 0.3) is 5.69 Å². The molecule has 0 radical (unpaired) electrons. The number of ether oxygens (including phenoxy) is 1. The highest BCUT2D eigenvalue weighted by Gasteiger charge is 2.18. The number of aromatic nitrogens is 1. The van der Waals surface area contributed by atoms with Gasteiger partial charge in [0.2, 0.25) is 0 Å². The number of carboxylic acids is 1. The zero-order valence-electron chi connectivity index (χ0n) is 22.0. The van der Waals surface area contributed by atoms with Gasteiger partial charge in [-0.1, -0.05) is 30.3 Å². The minimum atomic E-state index is -0.909. The number of aryl methyl sites for hydroxylation is 1. The summed E-state index contributed by atoms with van der Waals surface area (Å²) in [6.45, 7) is 2.38. The summed E-state index contributed by atoms with van der Waals surface area (Å²) in [5.41, 5.74) is 7.97. The molecule has 3 aromatic carbocycles. The first-order chi connectivity index (χ1) is 19.2. The molecule has 0 fully saturated rings. The predicted molar refractivity (Wildman–Crippen MR) is 151 cm³/mol. The van der Waals surface area contributed by atoms with Crippen molar-refractivity contribution in [1.29, 1.82) is 0 Å². The van der Waals surface area contributed by atoms with Crippen molar-refractivity contribution in [2.24, 2.45) is 0 Å². The van der Waals surface area contributed by atoms with Crippen LogP contribution in [0.4, 0.5) is 10.2 Å². The normalized spacial score (nSPS) is 11.7. The molecule has 1 aromatic heterocycles. The molecule has 1 atom stereocenters. The lowest BCUT2D eigenvalue weighted by atomic mass is 10.0. The quantitative estimate of drug-likeness (QED) is 0.181. The summed E-state index contributed by atoms with van der Waals surface area (Å²) in [4.78, 5) is 37.3. The summed E-state index contributed by atoms with van der Waals surface area (Å²) >= 11 is 0. The summed E-state index contributed by atoms with van der Waals surface area (Å²) in [6, 6.07) is 22.1. The van der Waals surface area contributed by atoms with Gasteiger partial charge >= 0.3 is 5.97 Å². The van der Waals surface area contributed by atoms with Gasteiger partial charge in [-0.2, -0.15) is 0 Å². The first-order valence-corrected chi connectivity index (χ1v) is 12.8. The van der Waals surface area contributed by atoms with Crippen LogP contribution in [0.2, 0.25) is 0 Å². The number of pyridine rings is 1. The maximum Gasteiger partial charge on any atom is 0.321 e. The SMILES string of the molecule is Cc1cc(C(=O)c2ccc(=O)n(-c3ccc(OCCCN[C@@H](Cc4ccccc4)C(=O)O)cc3)c2N)ccc1F. The van der Waals surface area contributed by atoms with E-state index in [1.165, 1.54) is 34.9 Å². The average Bonchev–Trinajstić information content (AvgIpc) is 2.94. The Labute approximate surface area is 230 Å². The number of nitrogen functional groups attached to an aromatic ring is 1. The molecule has 1 heterocycles. The van der Waals surface area contributed by atoms with Crippen molar-refractivity contribution in [3.63, 3.8) is 0 Å². The van der Waals surface area contributed by atoms with Crippen LogP contribution >= 0.6 is 0 Å². The fraction of sp³-hybridized carbons (Fsp3) is 0.194. The fourth-order valence-electron chi connectivity index (χ4n) is 4.28. The number of anilines is 1. The standard InChI is InChI=1S/C31H30FN3O5/c1-20-18-22(8-14-26(20)32)29(37)25-13-15-28(36)35(30(25)33)23-9-11-24(12-10-23)40-17-5-16-34-27(31(38)39)19-21-6-3-2-4-7-21/h2-4,6-15,18,27,34H,5,16-17,19,33H2,1H3,(H,38,39)/t27-/m0/s1. The van der Waals surface area contributed by atoms with Gasteiger partial charge in [-0.25, -0.2) is 4.39 Å². The molecule has 0 saturated heterocycles. The van der Waals surface area contributed by atoms with E-state index in [0.29, 0.717) is 43.0 Å². The van der Waals surface area contributed by atoms with E-state index in [-0.39, 0.29) is 16.9 Å². The highest BCUT2D eigenvalue weighted by Crippen LogP contribution is 2.22. The molecular formula is C31H30FN3O5. The number of nitrogens with two attached hydrogens (primary N) is 1. The van der Waals surface area contributed by atoms with Crippen molar-refractivity contribution >= 4 is 17.6 Å². The molecule has 0 saturated carbocycles. The van der Waals surface area contributed by atoms with Gasteiger partial charge in [0.15, 0.2) is 5.78 Å². The van der Waals surface area contributed by atoms with E-state index in [1.54, 1.807) is 31.2 Å². The molecule has 0 aliphatic heterocycles. The lowest BCUT2D eigenvalue weighted by Gasteiger charge is -2.15. The predicted octanol–water partition coefficient (Wildman–Crippen LogP) is 4.15. The van der Waals surface area contributed by atoms with Crippen molar-refractivity contribution in [3.8, 4) is 11.4 Å². The van der Waals surface area contributed by atoms with E-state index < -0.39 is 29.2 Å². The topological polar surface area (TPSA) is 124 Å². The maximum atomic E-state index is 13.6. The Morgan fingerprint density at radius 2 is 1.75 bits per heavy atom. The molecular weight excluding hydrogens is 513 g/mol. The molecule has 0 aliphatic rings. The second-order valence-corrected chi connectivity index (χ2v) is 9.33. The summed E-state index contributed by atoms with van der Waals surface area (Å²) in [5, 5.41) is 12.5. The van der Waals surface area contributed by atoms with Crippen molar-refractivity contribution < 1.29 is 23.8 Å². The highest BCUT2D eigenvalue weighted by atomic mass is 19.1. The van der Waals surface area contributed by atoms with E-state index in [2.05, 4.69) is 5.32 Å². The molecule has 206 valence electrons. The summed E-state index contributed by atoms with van der Waals surface area (Å²) < 4.78 is 20.6. The highest BCUT2D eigenvalue weighted by molar-refractivity contribution is 6.11. The monoisotopic (exact) mass is 543 g/mol. The zero-order chi connectivity index (χ0) is 28.6. The molecule has 4 rings (SSSR count). The molecule has 8 nitrogen and oxygen atoms in total. The Bertz CT molecular complexity index is 1550. The number of nitrogens with one attached hydrogen (secondary N) is 1. The zero-order valence-corrected chi connectivity index (χ0v) is 22.0. The van der Waals surface area contributed by atoms with Gasteiger partial charge in [-0.3, -0.25) is 19.0 Å². The average molecular weight is 544 g/mol. The number of rotatable bonds is 12. The minimum Gasteiger partial charge on any atom is -0.494 e. The molecule has 0 amide bonds. The number of ketones is 1. The maximum absolute atomic E-state index is 13.6. The third kappa shape index (κ3) is 6.81. The number of benzene rings is 3. The van der Waals surface area contributed by atoms with Crippen molar-refractivity contribution in [2.75, 3.05) is 18.9 Å². The molecule has 0 spiro atoms. The van der Waals surface area contributed by atoms with Crippen molar-refractivity contribution in [3.05, 3.63) is 123 Å². The van der Waals surface area contributed by atoms with Gasteiger partial charge in [0.1, 0.15) is 23.4 Å². The van der Waals surface area contributed by atoms with Gasteiger partial charge in [0.25, 0.3) is 5.56 Å². The molecule has 0 unspecified atom stereocenters. The number of carboxylic acid groups (broad SMARTS) is 1. The van der Waals surface area contributed by atoms with E-state index in [9.17, 15) is 23.9 Å². The molecule has 0 aliphatic carbocycles. The Balaban J connectivity index is 1.36. The molecule has 9 heteroatoms. The van der Waals surface area contributed by atoms with Gasteiger partial charge in [-0.05, 0) is 86.0 Å². The van der Waals surface area contributed by atoms with Crippen molar-refractivity contribution in [1.82, 2.24) is 9.88 Å². The van der Waals surface area contributed by atoms with Crippen LogP contribution in [-0.2, 0) is 11.2 Å². The van der Waals surface area contributed by atoms with Crippen LogP contribution in [0.3, 0.4) is 0 Å². The van der Waals surface area contributed by atoms with Crippen LogP contribution in [-0.4, -0.2) is 40.6 Å². The van der Waals surface area contributed by atoms with E-state index in [1.807, 2.05) is 30.3 Å². The lowest BCUT2D eigenvalue weighted by Crippen LogP contribution is -2.39. The minimum absolute atomic E-state index is 0.0253. The largest absolute Gasteiger partial charge is 0.494 e. The van der Waals surface area contributed by atoms with Crippen LogP contribution in [0.5, 0.6) is 5.75 Å². The molecule has 4 aromatic rings. The molecule has 4 N–H and O–H groups in total. The number of hydrogen-bond acceptors (Lipinski definition) is 6. The lowest BCUT2D eigenvalue weighted by molar-refractivity contribution is -0.139. The van der Waals surface area contributed by atoms with Crippen LogP contribution < -0.4 is 21.3 Å². The van der Waals surface area contributed by atoms with E-state index in [0.717, 1.165) is 5.56 Å². The van der Waals surface area contributed by atoms with Gasteiger partial charge in [0, 0.05) is 11.6 Å². The van der Waals surface area contributed by atoms with Crippen molar-refractivity contribution in [2.45, 2.75) is 25.8 Å². The molecule has 0 bridgehead atoms. The number of hydrogen-bond donors (Lipinski definition) is 3. The number of halogens is 1. The Hall–Kier alpha value is -4.76. The number of aliphatic carboxylic acids is 1. The van der Waals surface area contributed by atoms with E-state index >= 15 is 0 Å². The summed E-state index contributed by atoms with van der Waals surface area (Å²) in [7, 11) is 0. The molecule has 40 heavy (non-hydrogen) atoms. The second kappa shape index (κ2) is 12.9. The fourth-order valence-corrected chi connectivity index (χ4v) is 4.28. The Morgan fingerprint density at radius 3 is 2.42 bits per heavy atom. The van der Waals surface area contributed by atoms with Crippen LogP contribution in [0, 0.1) is 12.7 Å². The van der Waals surface area contributed by atoms with Crippen LogP contribution in [0.15, 0.2) is 89.7 Å². The van der Waals surface area contributed by atoms with Gasteiger partial charge < -0.3 is 20.9 Å². The summed E-state index contributed by atoms with van der Waals surface area (Å²) in [5.74, 6) is -1.21.